The number of benzene rings is 4. The molecule has 4 aliphatic heterocycles. The molecule has 11 atom stereocenters. The molecule has 0 aliphatic carbocycles. The van der Waals surface area contributed by atoms with Crippen molar-refractivity contribution in [1.29, 1.82) is 0 Å². The summed E-state index contributed by atoms with van der Waals surface area (Å²) in [4.78, 5) is 141. The number of aromatic hydroxyl groups is 1. The molecular weight excluding hydrogens is 1360 g/mol. The summed E-state index contributed by atoms with van der Waals surface area (Å²) in [5.74, 6) is -9.36. The van der Waals surface area contributed by atoms with Crippen molar-refractivity contribution in [3.63, 3.8) is 0 Å². The number of phenolic OH excluding ortho intramolecular Hbond substituents is 1. The van der Waals surface area contributed by atoms with Crippen LogP contribution in [0.2, 0.25) is 0 Å². The number of anilines is 3. The third-order valence-corrected chi connectivity index (χ3v) is 21.0. The second-order valence-corrected chi connectivity index (χ2v) is 28.8. The number of ketones is 1. The maximum Gasteiger partial charge on any atom is 0.407 e. The topological polar surface area (TPSA) is 406 Å². The average Bonchev–Trinajstić information content (AvgIpc) is 1.47. The molecule has 4 aromatic carbocycles. The molecule has 12 N–H and O–H groups in total. The second-order valence-electron chi connectivity index (χ2n) is 27.7. The van der Waals surface area contributed by atoms with Gasteiger partial charge in [0.25, 0.3) is 23.5 Å². The zero-order valence-electron chi connectivity index (χ0n) is 60.0. The van der Waals surface area contributed by atoms with Gasteiger partial charge in [-0.25, -0.2) is 14.6 Å². The number of hydrogen-bond acceptors (Lipinski definition) is 21. The standard InChI is InChI=1S/C75H94N10O18S/c1-38(2)59(82-53(86)19-12-11-13-32-85-54(87)26-27-55(85)88)72(97)81-50(18-15-31-77-73(76)98)71(96)78-46-22-20-45(21-23-46)37-101-74(99)79-47-28-33-84(34-29-47)48-24-25-49-52(36-48)104-68-60(80-49)56-57-65(92)44(8)67-58(56)69(94)75(9,103-67)102-35-30-51(100-10)41(5)63(90)43(7)64(91)42(6)62(89)39(3)16-14-17-40(4)70(95)83-61(68)66(57)93/h14,16-17,20-27,30,35-36,38-39,41-43,47,50-51,59,62-64,89-91,93H,11-13,15,18-19,28-29,31-34,37H2,1-10H3,(H,78,96)(H,79,99)(H,81,97)(H,82,86)(H,83,95)(H3,76,77,98)/b16-14+,35-30+,40-17-/t39-,41+,42+,43-,50-,51-,59?,62-,63+,64+,75-/m0/s1. The number of imide groups is 1. The van der Waals surface area contributed by atoms with Crippen LogP contribution in [0.4, 0.5) is 26.7 Å². The molecule has 558 valence electrons. The lowest BCUT2D eigenvalue weighted by Gasteiger charge is -2.36. The molecule has 5 heterocycles. The van der Waals surface area contributed by atoms with Gasteiger partial charge in [0, 0.05) is 116 Å². The number of urea groups is 1. The number of piperidine rings is 1. The van der Waals surface area contributed by atoms with E-state index >= 15 is 0 Å². The summed E-state index contributed by atoms with van der Waals surface area (Å²) < 4.78 is 24.6. The summed E-state index contributed by atoms with van der Waals surface area (Å²) in [5, 5.41) is 63.2. The minimum absolute atomic E-state index is 0.0135. The number of fused-ring (bicyclic) bond motifs is 2. The van der Waals surface area contributed by atoms with Gasteiger partial charge in [-0.1, -0.05) is 78.3 Å². The summed E-state index contributed by atoms with van der Waals surface area (Å²) in [6.45, 7) is 16.0. The van der Waals surface area contributed by atoms with Crippen molar-refractivity contribution >= 4 is 113 Å². The number of aliphatic hydroxyl groups excluding tert-OH is 3. The molecule has 104 heavy (non-hydrogen) atoms. The number of amides is 9. The van der Waals surface area contributed by atoms with Crippen LogP contribution < -0.4 is 52.7 Å². The summed E-state index contributed by atoms with van der Waals surface area (Å²) in [7, 11) is 1.43. The minimum atomic E-state index is -2.06. The van der Waals surface area contributed by atoms with Crippen LogP contribution in [-0.2, 0) is 49.6 Å². The van der Waals surface area contributed by atoms with Crippen LogP contribution in [0.25, 0.3) is 31.2 Å². The van der Waals surface area contributed by atoms with Gasteiger partial charge in [-0.3, -0.25) is 43.3 Å². The van der Waals surface area contributed by atoms with Crippen LogP contribution in [0.3, 0.4) is 0 Å². The zero-order valence-corrected chi connectivity index (χ0v) is 60.9. The number of phenols is 1. The Balaban J connectivity index is 0.862. The third kappa shape index (κ3) is 18.0. The monoisotopic (exact) mass is 1450 g/mol. The fraction of sp³-hybridized carbons (Fsp3) is 0.480. The van der Waals surface area contributed by atoms with Crippen molar-refractivity contribution in [1.82, 2.24) is 31.2 Å². The van der Waals surface area contributed by atoms with E-state index in [0.29, 0.717) is 66.7 Å². The number of ether oxygens (including phenoxy) is 4. The lowest BCUT2D eigenvalue weighted by atomic mass is 9.78. The highest BCUT2D eigenvalue weighted by Crippen LogP contribution is 2.50. The SMILES string of the molecule is CO[C@H]1/C=C/O[C@@]2(C)Oc3c(C)c(=O)c4c(O)c(c5sc6cc(N7CCC(NC(=O)OCc8ccc(NC(=O)[C@H](CCCNC(N)=O)NC(=O)C(NC(=O)CCCCCN9C(=O)C=CC9=O)C(C)C)cc8)CC7)ccc6nc5c4c3C2=O)NC(=O)/C(C)=C\C=C\[C@H](C)[C@H](O)[C@@H](C)[C@@H](O)[C@@H](C)[C@H](O)[C@@H]1C. The number of alkyl carbamates (subject to hydrolysis) is 1. The number of carbonyl (C=O) groups is 9. The Hall–Kier alpha value is -9.81. The number of carbonyl (C=O) groups excluding carboxylic acids is 9. The highest BCUT2D eigenvalue weighted by atomic mass is 32.1. The highest BCUT2D eigenvalue weighted by Gasteiger charge is 2.50. The summed E-state index contributed by atoms with van der Waals surface area (Å²) in [6, 6.07) is 9.05. The van der Waals surface area contributed by atoms with Crippen LogP contribution in [0, 0.1) is 36.5 Å². The number of methoxy groups -OCH3 is 1. The molecule has 1 saturated heterocycles. The zero-order chi connectivity index (χ0) is 75.6. The van der Waals surface area contributed by atoms with Crippen molar-refractivity contribution in [3.8, 4) is 11.5 Å². The van der Waals surface area contributed by atoms with Gasteiger partial charge in [-0.05, 0) is 100 Å². The molecule has 1 unspecified atom stereocenters. The van der Waals surface area contributed by atoms with E-state index in [-0.39, 0.29) is 118 Å². The molecule has 4 aliphatic rings. The normalized spacial score (nSPS) is 24.3. The number of rotatable bonds is 21. The molecule has 29 heteroatoms. The predicted octanol–water partition coefficient (Wildman–Crippen LogP) is 7.29. The third-order valence-electron chi connectivity index (χ3n) is 19.9. The van der Waals surface area contributed by atoms with Gasteiger partial charge in [-0.2, -0.15) is 0 Å². The molecule has 4 bridgehead atoms. The largest absolute Gasteiger partial charge is 0.505 e. The molecule has 0 saturated carbocycles. The molecule has 0 radical (unpaired) electrons. The Labute approximate surface area is 605 Å². The Morgan fingerprint density at radius 3 is 2.20 bits per heavy atom. The number of nitrogens with two attached hydrogens (primary N) is 1. The first-order chi connectivity index (χ1) is 49.4. The van der Waals surface area contributed by atoms with Crippen LogP contribution in [-0.4, -0.2) is 165 Å². The molecule has 5 aromatic rings. The first kappa shape index (κ1) is 78.3. The summed E-state index contributed by atoms with van der Waals surface area (Å²) >= 11 is 1.16. The maximum absolute atomic E-state index is 15.0. The Morgan fingerprint density at radius 2 is 1.53 bits per heavy atom. The van der Waals surface area contributed by atoms with E-state index in [0.717, 1.165) is 21.9 Å². The lowest BCUT2D eigenvalue weighted by Crippen LogP contribution is -2.54. The van der Waals surface area contributed by atoms with Crippen LogP contribution in [0.1, 0.15) is 128 Å². The molecule has 1 aromatic heterocycles. The van der Waals surface area contributed by atoms with Gasteiger partial charge < -0.3 is 81.9 Å². The van der Waals surface area contributed by atoms with Crippen molar-refractivity contribution in [2.45, 2.75) is 169 Å². The number of allylic oxidation sites excluding steroid dienone is 2. The van der Waals surface area contributed by atoms with Gasteiger partial charge in [-0.15, -0.1) is 11.3 Å². The van der Waals surface area contributed by atoms with E-state index in [1.54, 1.807) is 91.0 Å². The fourth-order valence-electron chi connectivity index (χ4n) is 13.4. The number of aliphatic hydroxyl groups is 3. The van der Waals surface area contributed by atoms with E-state index < -0.39 is 113 Å². The molecule has 9 amide bonds. The molecule has 9 rings (SSSR count). The lowest BCUT2D eigenvalue weighted by molar-refractivity contribution is -0.137. The second kappa shape index (κ2) is 34.2. The van der Waals surface area contributed by atoms with Crippen LogP contribution in [0.5, 0.6) is 11.5 Å². The number of primary amides is 1. The van der Waals surface area contributed by atoms with Crippen LogP contribution >= 0.6 is 11.3 Å². The summed E-state index contributed by atoms with van der Waals surface area (Å²) in [5.41, 5.74) is 6.87. The molecule has 28 nitrogen and oxygen atoms in total. The van der Waals surface area contributed by atoms with Gasteiger partial charge in [0.1, 0.15) is 30.1 Å². The Bertz CT molecular complexity index is 4280. The van der Waals surface area contributed by atoms with Crippen molar-refractivity contribution in [3.05, 3.63) is 118 Å². The minimum Gasteiger partial charge on any atom is -0.505 e. The van der Waals surface area contributed by atoms with E-state index in [9.17, 15) is 68.4 Å². The molecular formula is C75H94N10O18S. The number of nitrogens with one attached hydrogen (secondary N) is 6. The number of Topliss-reactive ketones (excluding diaryl/α,β-unsaturated/α-hetero) is 1. The van der Waals surface area contributed by atoms with Crippen molar-refractivity contribution < 1.29 is 82.5 Å². The maximum atomic E-state index is 15.0. The molecule has 0 spiro atoms. The first-order valence-corrected chi connectivity index (χ1v) is 35.9. The number of hydrogen-bond donors (Lipinski definition) is 11. The average molecular weight is 1460 g/mol. The van der Waals surface area contributed by atoms with E-state index in [1.165, 1.54) is 51.5 Å². The van der Waals surface area contributed by atoms with Gasteiger partial charge in [0.2, 0.25) is 17.7 Å². The smallest absolute Gasteiger partial charge is 0.407 e. The van der Waals surface area contributed by atoms with Gasteiger partial charge >= 0.3 is 17.9 Å². The predicted molar refractivity (Wildman–Crippen MR) is 391 cm³/mol. The quantitative estimate of drug-likeness (QED) is 0.0113. The Morgan fingerprint density at radius 1 is 0.846 bits per heavy atom. The van der Waals surface area contributed by atoms with E-state index in [1.807, 2.05) is 12.1 Å². The fourth-order valence-corrected chi connectivity index (χ4v) is 14.5. The van der Waals surface area contributed by atoms with Gasteiger partial charge in [0.05, 0.1) is 62.1 Å². The van der Waals surface area contributed by atoms with E-state index in [4.69, 9.17) is 29.7 Å². The first-order valence-electron chi connectivity index (χ1n) is 35.1. The number of aromatic nitrogens is 1. The number of nitrogens with zero attached hydrogens (tertiary/aromatic N) is 3. The number of unbranched alkanes of at least 4 members (excludes halogenated alkanes) is 2. The van der Waals surface area contributed by atoms with Crippen molar-refractivity contribution in [2.24, 2.45) is 35.3 Å². The highest BCUT2D eigenvalue weighted by molar-refractivity contribution is 7.25. The van der Waals surface area contributed by atoms with Gasteiger partial charge in [0.15, 0.2) is 11.2 Å². The molecule has 1 fully saturated rings. The van der Waals surface area contributed by atoms with Crippen LogP contribution in [0.15, 0.2) is 95.6 Å². The van der Waals surface area contributed by atoms with E-state index in [2.05, 4.69) is 36.8 Å². The van der Waals surface area contributed by atoms with Crippen molar-refractivity contribution in [2.75, 3.05) is 48.8 Å². The Kier molecular flexibility index (Phi) is 25.8. The summed E-state index contributed by atoms with van der Waals surface area (Å²) in [6.07, 6.45) is 8.18.